The highest BCUT2D eigenvalue weighted by molar-refractivity contribution is 6.31. The van der Waals surface area contributed by atoms with Crippen molar-refractivity contribution in [2.45, 2.75) is 12.3 Å². The minimum atomic E-state index is -0.555. The highest BCUT2D eigenvalue weighted by Gasteiger charge is 2.20. The van der Waals surface area contributed by atoms with Crippen LogP contribution >= 0.6 is 11.6 Å². The van der Waals surface area contributed by atoms with Gasteiger partial charge in [0.2, 0.25) is 5.91 Å². The predicted molar refractivity (Wildman–Crippen MR) is 111 cm³/mol. The van der Waals surface area contributed by atoms with Crippen molar-refractivity contribution in [2.75, 3.05) is 12.4 Å². The minimum absolute atomic E-state index is 0.101. The highest BCUT2D eigenvalue weighted by atomic mass is 35.5. The molecule has 0 aliphatic rings. The van der Waals surface area contributed by atoms with Crippen LogP contribution in [0.5, 0.6) is 0 Å². The lowest BCUT2D eigenvalue weighted by atomic mass is 9.88. The number of halogens is 1. The summed E-state index contributed by atoms with van der Waals surface area (Å²) in [4.78, 5) is 24.8. The number of ether oxygens (including phenoxy) is 1. The minimum Gasteiger partial charge on any atom is -0.465 e. The van der Waals surface area contributed by atoms with E-state index in [0.717, 1.165) is 11.1 Å². The van der Waals surface area contributed by atoms with E-state index in [1.165, 1.54) is 13.2 Å². The first kappa shape index (κ1) is 19.6. The Balaban J connectivity index is 1.85. The summed E-state index contributed by atoms with van der Waals surface area (Å²) < 4.78 is 4.78. The van der Waals surface area contributed by atoms with Gasteiger partial charge >= 0.3 is 5.97 Å². The quantitative estimate of drug-likeness (QED) is 0.579. The van der Waals surface area contributed by atoms with Crippen LogP contribution in [-0.2, 0) is 9.53 Å². The summed E-state index contributed by atoms with van der Waals surface area (Å²) in [5.41, 5.74) is 2.70. The fourth-order valence-electron chi connectivity index (χ4n) is 3.09. The van der Waals surface area contributed by atoms with Gasteiger partial charge in [-0.1, -0.05) is 72.3 Å². The third kappa shape index (κ3) is 4.78. The smallest absolute Gasteiger partial charge is 0.340 e. The fourth-order valence-corrected chi connectivity index (χ4v) is 3.26. The lowest BCUT2D eigenvalue weighted by Crippen LogP contribution is -2.18. The Kier molecular flexibility index (Phi) is 6.45. The zero-order chi connectivity index (χ0) is 19.9. The average Bonchev–Trinajstić information content (AvgIpc) is 2.74. The van der Waals surface area contributed by atoms with E-state index in [1.54, 1.807) is 12.1 Å². The number of hydrogen-bond acceptors (Lipinski definition) is 3. The monoisotopic (exact) mass is 393 g/mol. The van der Waals surface area contributed by atoms with Gasteiger partial charge in [-0.3, -0.25) is 4.79 Å². The first-order chi connectivity index (χ1) is 13.6. The number of benzene rings is 3. The van der Waals surface area contributed by atoms with Crippen molar-refractivity contribution >= 4 is 29.2 Å². The Morgan fingerprint density at radius 2 is 1.50 bits per heavy atom. The molecule has 0 spiro atoms. The molecule has 0 aliphatic heterocycles. The van der Waals surface area contributed by atoms with E-state index >= 15 is 0 Å². The molecule has 3 aromatic rings. The summed E-state index contributed by atoms with van der Waals surface area (Å²) in [6, 6.07) is 24.5. The largest absolute Gasteiger partial charge is 0.465 e. The summed E-state index contributed by atoms with van der Waals surface area (Å²) in [7, 11) is 1.29. The van der Waals surface area contributed by atoms with Crippen LogP contribution in [0.25, 0.3) is 0 Å². The van der Waals surface area contributed by atoms with E-state index < -0.39 is 5.97 Å². The molecule has 0 saturated carbocycles. The molecular weight excluding hydrogens is 374 g/mol. The van der Waals surface area contributed by atoms with Gasteiger partial charge in [-0.05, 0) is 29.3 Å². The summed E-state index contributed by atoms with van der Waals surface area (Å²) in [6.07, 6.45) is 0.233. The normalized spacial score (nSPS) is 10.5. The maximum absolute atomic E-state index is 12.8. The lowest BCUT2D eigenvalue weighted by Gasteiger charge is -2.18. The highest BCUT2D eigenvalue weighted by Crippen LogP contribution is 2.29. The van der Waals surface area contributed by atoms with Crippen molar-refractivity contribution in [2.24, 2.45) is 0 Å². The standard InChI is InChI=1S/C23H20ClNO3/c1-28-23(27)20-14-18(24)12-13-21(20)25-22(26)15-19(16-8-4-2-5-9-16)17-10-6-3-7-11-17/h2-14,19H,15H2,1H3,(H,25,26). The number of carbonyl (C=O) groups is 2. The third-order valence-electron chi connectivity index (χ3n) is 4.45. The molecule has 142 valence electrons. The van der Waals surface area contributed by atoms with Gasteiger partial charge in [-0.15, -0.1) is 0 Å². The van der Waals surface area contributed by atoms with Crippen LogP contribution in [0, 0.1) is 0 Å². The number of hydrogen-bond donors (Lipinski definition) is 1. The second-order valence-corrected chi connectivity index (χ2v) is 6.74. The van der Waals surface area contributed by atoms with E-state index in [-0.39, 0.29) is 23.8 Å². The molecule has 0 aliphatic carbocycles. The van der Waals surface area contributed by atoms with Gasteiger partial charge in [0.25, 0.3) is 0 Å². The topological polar surface area (TPSA) is 55.4 Å². The fraction of sp³-hybridized carbons (Fsp3) is 0.130. The van der Waals surface area contributed by atoms with E-state index in [4.69, 9.17) is 16.3 Å². The molecule has 0 radical (unpaired) electrons. The molecule has 3 rings (SSSR count). The van der Waals surface area contributed by atoms with Crippen LogP contribution in [0.3, 0.4) is 0 Å². The number of esters is 1. The van der Waals surface area contributed by atoms with Crippen LogP contribution in [0.2, 0.25) is 5.02 Å². The Morgan fingerprint density at radius 1 is 0.929 bits per heavy atom. The predicted octanol–water partition coefficient (Wildman–Crippen LogP) is 5.29. The number of carbonyl (C=O) groups excluding carboxylic acids is 2. The van der Waals surface area contributed by atoms with Gasteiger partial charge in [0.05, 0.1) is 18.4 Å². The number of rotatable bonds is 6. The molecule has 4 nitrogen and oxygen atoms in total. The van der Waals surface area contributed by atoms with Gasteiger partial charge in [0, 0.05) is 17.4 Å². The molecule has 3 aromatic carbocycles. The molecule has 1 N–H and O–H groups in total. The van der Waals surface area contributed by atoms with Gasteiger partial charge in [0.15, 0.2) is 0 Å². The number of methoxy groups -OCH3 is 1. The Hall–Kier alpha value is -3.11. The zero-order valence-corrected chi connectivity index (χ0v) is 16.1. The third-order valence-corrected chi connectivity index (χ3v) is 4.69. The van der Waals surface area contributed by atoms with Gasteiger partial charge in [-0.2, -0.15) is 0 Å². The molecular formula is C23H20ClNO3. The van der Waals surface area contributed by atoms with Crippen molar-refractivity contribution in [1.29, 1.82) is 0 Å². The van der Waals surface area contributed by atoms with E-state index in [2.05, 4.69) is 5.32 Å². The maximum Gasteiger partial charge on any atom is 0.340 e. The number of anilines is 1. The van der Waals surface area contributed by atoms with Crippen molar-refractivity contribution in [1.82, 2.24) is 0 Å². The molecule has 28 heavy (non-hydrogen) atoms. The maximum atomic E-state index is 12.8. The van der Waals surface area contributed by atoms with Crippen LogP contribution in [0.1, 0.15) is 33.8 Å². The zero-order valence-electron chi connectivity index (χ0n) is 15.4. The van der Waals surface area contributed by atoms with Crippen LogP contribution in [-0.4, -0.2) is 19.0 Å². The summed E-state index contributed by atoms with van der Waals surface area (Å²) in [5.74, 6) is -0.859. The second kappa shape index (κ2) is 9.20. The van der Waals surface area contributed by atoms with Gasteiger partial charge in [-0.25, -0.2) is 4.79 Å². The van der Waals surface area contributed by atoms with E-state index in [9.17, 15) is 9.59 Å². The van der Waals surface area contributed by atoms with E-state index in [0.29, 0.717) is 10.7 Å². The molecule has 1 amide bonds. The van der Waals surface area contributed by atoms with E-state index in [1.807, 2.05) is 60.7 Å². The molecule has 5 heteroatoms. The van der Waals surface area contributed by atoms with Crippen molar-refractivity contribution in [3.63, 3.8) is 0 Å². The van der Waals surface area contributed by atoms with Crippen molar-refractivity contribution in [3.05, 3.63) is 101 Å². The Morgan fingerprint density at radius 3 is 2.04 bits per heavy atom. The number of amides is 1. The van der Waals surface area contributed by atoms with Crippen molar-refractivity contribution in [3.8, 4) is 0 Å². The molecule has 0 atom stereocenters. The molecule has 0 saturated heterocycles. The lowest BCUT2D eigenvalue weighted by molar-refractivity contribution is -0.116. The Labute approximate surface area is 169 Å². The van der Waals surface area contributed by atoms with Crippen LogP contribution < -0.4 is 5.32 Å². The molecule has 0 fully saturated rings. The first-order valence-electron chi connectivity index (χ1n) is 8.86. The first-order valence-corrected chi connectivity index (χ1v) is 9.24. The summed E-state index contributed by atoms with van der Waals surface area (Å²) >= 11 is 5.98. The molecule has 0 heterocycles. The Bertz CT molecular complexity index is 919. The van der Waals surface area contributed by atoms with Crippen molar-refractivity contribution < 1.29 is 14.3 Å². The average molecular weight is 394 g/mol. The SMILES string of the molecule is COC(=O)c1cc(Cl)ccc1NC(=O)CC(c1ccccc1)c1ccccc1. The summed E-state index contributed by atoms with van der Waals surface area (Å²) in [5, 5.41) is 3.22. The molecule has 0 bridgehead atoms. The summed E-state index contributed by atoms with van der Waals surface area (Å²) in [6.45, 7) is 0. The molecule has 0 aromatic heterocycles. The van der Waals surface area contributed by atoms with Gasteiger partial charge in [0.1, 0.15) is 0 Å². The number of nitrogens with one attached hydrogen (secondary N) is 1. The van der Waals surface area contributed by atoms with Crippen LogP contribution in [0.15, 0.2) is 78.9 Å². The van der Waals surface area contributed by atoms with Crippen LogP contribution in [0.4, 0.5) is 5.69 Å². The second-order valence-electron chi connectivity index (χ2n) is 6.31. The van der Waals surface area contributed by atoms with Gasteiger partial charge < -0.3 is 10.1 Å². The molecule has 0 unspecified atom stereocenters.